The topological polar surface area (TPSA) is 6.48 Å². The summed E-state index contributed by atoms with van der Waals surface area (Å²) in [5.41, 5.74) is 29.7. The highest BCUT2D eigenvalue weighted by Crippen LogP contribution is 2.46. The van der Waals surface area contributed by atoms with Crippen molar-refractivity contribution in [2.45, 2.75) is 122 Å². The highest BCUT2D eigenvalue weighted by Gasteiger charge is 2.25. The van der Waals surface area contributed by atoms with Gasteiger partial charge in [0.25, 0.3) is 0 Å². The van der Waals surface area contributed by atoms with Gasteiger partial charge in [0.05, 0.1) is 11.4 Å². The van der Waals surface area contributed by atoms with E-state index in [1.165, 1.54) is 122 Å². The van der Waals surface area contributed by atoms with Crippen LogP contribution >= 0.6 is 0 Å². The summed E-state index contributed by atoms with van der Waals surface area (Å²) < 4.78 is 0. The number of fused-ring (bicyclic) bond motifs is 1. The molecule has 364 valence electrons. The van der Waals surface area contributed by atoms with Gasteiger partial charge in [-0.1, -0.05) is 166 Å². The van der Waals surface area contributed by atoms with Gasteiger partial charge in [-0.05, 0) is 224 Å². The van der Waals surface area contributed by atoms with Gasteiger partial charge in [-0.3, -0.25) is 0 Å². The molecule has 9 rings (SSSR count). The first-order chi connectivity index (χ1) is 34.0. The van der Waals surface area contributed by atoms with Crippen molar-refractivity contribution in [3.8, 4) is 33.4 Å². The number of benzene rings is 9. The van der Waals surface area contributed by atoms with E-state index in [4.69, 9.17) is 0 Å². The van der Waals surface area contributed by atoms with Crippen molar-refractivity contribution in [2.75, 3.05) is 9.80 Å². The molecule has 0 fully saturated rings. The van der Waals surface area contributed by atoms with E-state index in [1.54, 1.807) is 0 Å². The molecule has 0 spiro atoms. The predicted molar refractivity (Wildman–Crippen MR) is 314 cm³/mol. The summed E-state index contributed by atoms with van der Waals surface area (Å²) in [6.07, 6.45) is 0. The number of nitrogens with zero attached hydrogens (tertiary/aromatic N) is 2. The Hall–Kier alpha value is -7.16. The van der Waals surface area contributed by atoms with Crippen LogP contribution in [0.1, 0.15) is 108 Å². The van der Waals surface area contributed by atoms with Crippen LogP contribution in [0.15, 0.2) is 158 Å². The maximum Gasteiger partial charge on any atom is 0.0520 e. The number of hydrogen-bond donors (Lipinski definition) is 0. The van der Waals surface area contributed by atoms with E-state index in [1.807, 2.05) is 0 Å². The zero-order chi connectivity index (χ0) is 51.6. The molecule has 0 radical (unpaired) electrons. The summed E-state index contributed by atoms with van der Waals surface area (Å²) in [6, 6.07) is 60.5. The number of hydrogen-bond acceptors (Lipinski definition) is 2. The van der Waals surface area contributed by atoms with Gasteiger partial charge in [0.1, 0.15) is 0 Å². The van der Waals surface area contributed by atoms with E-state index < -0.39 is 0 Å². The van der Waals surface area contributed by atoms with Crippen LogP contribution < -0.4 is 9.80 Å². The molecule has 0 heterocycles. The van der Waals surface area contributed by atoms with Gasteiger partial charge in [-0.2, -0.15) is 0 Å². The molecule has 0 bridgehead atoms. The van der Waals surface area contributed by atoms with Crippen molar-refractivity contribution in [3.63, 3.8) is 0 Å². The van der Waals surface area contributed by atoms with Gasteiger partial charge in [-0.15, -0.1) is 0 Å². The first-order valence-corrected chi connectivity index (χ1v) is 25.9. The monoisotopic (exact) mass is 943 g/mol. The van der Waals surface area contributed by atoms with E-state index in [-0.39, 0.29) is 10.8 Å². The summed E-state index contributed by atoms with van der Waals surface area (Å²) >= 11 is 0. The molecule has 9 aromatic rings. The Balaban J connectivity index is 1.21. The zero-order valence-corrected chi connectivity index (χ0v) is 45.9. The standard InChI is InChI=1S/C70H74N2/c1-43-17-21-59(22-18-43)71(67-49(7)37-57(38-50(67)8)69(11,12)13)61-25-27-62(28-26-61)72(68-51(9)39-58(40-52(68)10)70(14,15)16)60-23-19-53(20-24-60)54-41-64(56-33-46(4)30-47(5)34-56)65-36-48(6)35-63(66(65)42-54)55-31-44(2)29-45(3)32-55/h17-42H,1-16H3. The fourth-order valence-corrected chi connectivity index (χ4v) is 11.1. The third-order valence-electron chi connectivity index (χ3n) is 14.6. The lowest BCUT2D eigenvalue weighted by atomic mass is 9.84. The molecule has 9 aromatic carbocycles. The number of rotatable bonds is 9. The van der Waals surface area contributed by atoms with Crippen LogP contribution in [0.2, 0.25) is 0 Å². The van der Waals surface area contributed by atoms with Gasteiger partial charge in [0.15, 0.2) is 0 Å². The van der Waals surface area contributed by atoms with Gasteiger partial charge in [0.2, 0.25) is 0 Å². The minimum atomic E-state index is 0.0234. The maximum atomic E-state index is 2.47. The second-order valence-electron chi connectivity index (χ2n) is 23.2. The first kappa shape index (κ1) is 49.8. The molecule has 0 unspecified atom stereocenters. The molecule has 72 heavy (non-hydrogen) atoms. The molecular weight excluding hydrogens is 869 g/mol. The molecule has 0 saturated carbocycles. The van der Waals surface area contributed by atoms with Gasteiger partial charge >= 0.3 is 0 Å². The van der Waals surface area contributed by atoms with Crippen LogP contribution in [0.25, 0.3) is 44.2 Å². The Morgan fingerprint density at radius 2 is 0.583 bits per heavy atom. The average molecular weight is 943 g/mol. The number of aryl methyl sites for hydroxylation is 10. The molecule has 0 aliphatic rings. The molecule has 0 amide bonds. The Bertz CT molecular complexity index is 3410. The fourth-order valence-electron chi connectivity index (χ4n) is 11.1. The van der Waals surface area contributed by atoms with E-state index in [2.05, 4.69) is 278 Å². The fraction of sp³-hybridized carbons (Fsp3) is 0.257. The smallest absolute Gasteiger partial charge is 0.0520 e. The SMILES string of the molecule is Cc1ccc(N(c2ccc(N(c3ccc(-c4cc(-c5cc(C)cc(C)c5)c5cc(C)cc(-c6cc(C)cc(C)c6)c5c4)cc3)c3c(C)cc(C(C)(C)C)cc3C)cc2)c2c(C)cc(C(C)(C)C)cc2C)cc1. The number of anilines is 6. The molecule has 0 aliphatic heterocycles. The largest absolute Gasteiger partial charge is 0.310 e. The van der Waals surface area contributed by atoms with E-state index in [9.17, 15) is 0 Å². The van der Waals surface area contributed by atoms with Crippen LogP contribution in [-0.2, 0) is 10.8 Å². The minimum absolute atomic E-state index is 0.0234. The summed E-state index contributed by atoms with van der Waals surface area (Å²) in [5, 5.41) is 2.55. The predicted octanol–water partition coefficient (Wildman–Crippen LogP) is 20.5. The van der Waals surface area contributed by atoms with Crippen LogP contribution in [0.5, 0.6) is 0 Å². The Labute approximate surface area is 432 Å². The van der Waals surface area contributed by atoms with Crippen molar-refractivity contribution >= 4 is 44.9 Å². The summed E-state index contributed by atoms with van der Waals surface area (Å²) in [6.45, 7) is 36.1. The van der Waals surface area contributed by atoms with Crippen molar-refractivity contribution < 1.29 is 0 Å². The molecule has 2 nitrogen and oxygen atoms in total. The second-order valence-corrected chi connectivity index (χ2v) is 23.2. The molecule has 0 atom stereocenters. The molecular formula is C70H74N2. The van der Waals surface area contributed by atoms with Crippen LogP contribution in [0, 0.1) is 69.2 Å². The van der Waals surface area contributed by atoms with Crippen LogP contribution in [0.3, 0.4) is 0 Å². The average Bonchev–Trinajstić information content (AvgIpc) is 3.30. The van der Waals surface area contributed by atoms with Crippen LogP contribution in [0.4, 0.5) is 34.1 Å². The van der Waals surface area contributed by atoms with Crippen molar-refractivity contribution in [2.24, 2.45) is 0 Å². The molecule has 2 heteroatoms. The van der Waals surface area contributed by atoms with Crippen molar-refractivity contribution in [1.29, 1.82) is 0 Å². The van der Waals surface area contributed by atoms with Crippen molar-refractivity contribution in [1.82, 2.24) is 0 Å². The Morgan fingerprint density at radius 3 is 0.958 bits per heavy atom. The summed E-state index contributed by atoms with van der Waals surface area (Å²) in [4.78, 5) is 4.91. The Morgan fingerprint density at radius 1 is 0.264 bits per heavy atom. The lowest BCUT2D eigenvalue weighted by Crippen LogP contribution is -2.17. The third-order valence-corrected chi connectivity index (χ3v) is 14.6. The second kappa shape index (κ2) is 19.1. The highest BCUT2D eigenvalue weighted by atomic mass is 15.2. The zero-order valence-electron chi connectivity index (χ0n) is 45.9. The molecule has 0 N–H and O–H groups in total. The molecule has 0 saturated heterocycles. The summed E-state index contributed by atoms with van der Waals surface area (Å²) in [7, 11) is 0. The van der Waals surface area contributed by atoms with Gasteiger partial charge in [-0.25, -0.2) is 0 Å². The third kappa shape index (κ3) is 10.0. The van der Waals surface area contributed by atoms with Crippen molar-refractivity contribution in [3.05, 3.63) is 224 Å². The molecule has 0 aromatic heterocycles. The minimum Gasteiger partial charge on any atom is -0.310 e. The van der Waals surface area contributed by atoms with E-state index in [0.29, 0.717) is 0 Å². The van der Waals surface area contributed by atoms with Gasteiger partial charge < -0.3 is 9.80 Å². The highest BCUT2D eigenvalue weighted by molar-refractivity contribution is 6.07. The maximum absolute atomic E-state index is 2.47. The lowest BCUT2D eigenvalue weighted by molar-refractivity contribution is 0.589. The van der Waals surface area contributed by atoms with E-state index in [0.717, 1.165) is 22.7 Å². The lowest BCUT2D eigenvalue weighted by Gasteiger charge is -2.33. The molecule has 0 aliphatic carbocycles. The quantitative estimate of drug-likeness (QED) is 0.142. The van der Waals surface area contributed by atoms with Crippen LogP contribution in [-0.4, -0.2) is 0 Å². The van der Waals surface area contributed by atoms with E-state index >= 15 is 0 Å². The summed E-state index contributed by atoms with van der Waals surface area (Å²) in [5.74, 6) is 0. The normalized spacial score (nSPS) is 11.9. The first-order valence-electron chi connectivity index (χ1n) is 25.9. The Kier molecular flexibility index (Phi) is 13.2. The van der Waals surface area contributed by atoms with Gasteiger partial charge in [0, 0.05) is 22.7 Å².